The normalized spacial score (nSPS) is 10.8. The van der Waals surface area contributed by atoms with Crippen molar-refractivity contribution in [3.05, 3.63) is 58.3 Å². The zero-order valence-electron chi connectivity index (χ0n) is 12.0. The minimum atomic E-state index is -3.86. The second kappa shape index (κ2) is 6.47. The van der Waals surface area contributed by atoms with E-state index >= 15 is 0 Å². The van der Waals surface area contributed by atoms with E-state index in [2.05, 4.69) is 10.5 Å². The van der Waals surface area contributed by atoms with Crippen LogP contribution < -0.4 is 10.5 Å². The van der Waals surface area contributed by atoms with Gasteiger partial charge in [-0.25, -0.2) is 8.42 Å². The van der Waals surface area contributed by atoms with E-state index in [4.69, 9.17) is 10.00 Å². The SMILES string of the molecule is COc1ccc(S(=O)(=O)[N-]c2cccc(C#N)c2)cc1C[NH3+]. The molecular formula is C15H15N3O3S. The first kappa shape index (κ1) is 15.8. The van der Waals surface area contributed by atoms with Crippen LogP contribution in [0.3, 0.4) is 0 Å². The Morgan fingerprint density at radius 3 is 2.68 bits per heavy atom. The van der Waals surface area contributed by atoms with Crippen LogP contribution in [0.4, 0.5) is 5.69 Å². The zero-order valence-corrected chi connectivity index (χ0v) is 12.8. The Morgan fingerprint density at radius 1 is 1.27 bits per heavy atom. The van der Waals surface area contributed by atoms with Gasteiger partial charge < -0.3 is 15.2 Å². The van der Waals surface area contributed by atoms with E-state index in [1.807, 2.05) is 6.07 Å². The van der Waals surface area contributed by atoms with Crippen LogP contribution in [0.25, 0.3) is 4.72 Å². The monoisotopic (exact) mass is 317 g/mol. The smallest absolute Gasteiger partial charge is 0.127 e. The largest absolute Gasteiger partial charge is 0.573 e. The topological polar surface area (TPSA) is 109 Å². The molecule has 0 spiro atoms. The summed E-state index contributed by atoms with van der Waals surface area (Å²) in [5, 5.41) is 8.84. The molecule has 0 amide bonds. The molecule has 0 unspecified atom stereocenters. The van der Waals surface area contributed by atoms with Gasteiger partial charge in [-0.2, -0.15) is 5.26 Å². The molecule has 0 aliphatic rings. The van der Waals surface area contributed by atoms with Crippen LogP contribution in [0.5, 0.6) is 5.75 Å². The molecule has 114 valence electrons. The Labute approximate surface area is 129 Å². The number of nitriles is 1. The minimum absolute atomic E-state index is 0.0642. The molecule has 0 fully saturated rings. The molecule has 2 aromatic carbocycles. The quantitative estimate of drug-likeness (QED) is 0.905. The number of nitrogens with zero attached hydrogens (tertiary/aromatic N) is 2. The summed E-state index contributed by atoms with van der Waals surface area (Å²) in [6, 6.07) is 12.6. The van der Waals surface area contributed by atoms with Crippen molar-refractivity contribution in [2.24, 2.45) is 0 Å². The number of benzene rings is 2. The van der Waals surface area contributed by atoms with Crippen LogP contribution in [0.2, 0.25) is 0 Å². The standard InChI is InChI=1S/C15H14N3O3S/c1-21-15-6-5-14(8-12(15)10-17)22(19,20)18-13-4-2-3-11(7-13)9-16/h2-8H,10,17H2,1H3/q-1/p+1. The number of quaternary nitrogens is 1. The van der Waals surface area contributed by atoms with Gasteiger partial charge in [0.05, 0.1) is 23.6 Å². The lowest BCUT2D eigenvalue weighted by Gasteiger charge is -2.22. The lowest BCUT2D eigenvalue weighted by Crippen LogP contribution is -2.47. The first-order chi connectivity index (χ1) is 10.5. The summed E-state index contributed by atoms with van der Waals surface area (Å²) in [4.78, 5) is 0.0642. The van der Waals surface area contributed by atoms with Crippen molar-refractivity contribution >= 4 is 15.7 Å². The predicted octanol–water partition coefficient (Wildman–Crippen LogP) is 1.70. The second-order valence-electron chi connectivity index (χ2n) is 4.45. The molecule has 0 radical (unpaired) electrons. The molecule has 0 saturated carbocycles. The summed E-state index contributed by atoms with van der Waals surface area (Å²) in [6.45, 7) is 0.399. The molecule has 0 aliphatic heterocycles. The fourth-order valence-electron chi connectivity index (χ4n) is 1.93. The van der Waals surface area contributed by atoms with E-state index in [0.717, 1.165) is 0 Å². The van der Waals surface area contributed by atoms with E-state index in [9.17, 15) is 8.42 Å². The van der Waals surface area contributed by atoms with E-state index in [1.54, 1.807) is 18.2 Å². The fraction of sp³-hybridized carbons (Fsp3) is 0.133. The summed E-state index contributed by atoms with van der Waals surface area (Å²) in [5.74, 6) is 0.584. The first-order valence-electron chi connectivity index (χ1n) is 6.44. The molecule has 0 aliphatic carbocycles. The van der Waals surface area contributed by atoms with Gasteiger partial charge in [-0.3, -0.25) is 0 Å². The highest BCUT2D eigenvalue weighted by atomic mass is 32.2. The summed E-state index contributed by atoms with van der Waals surface area (Å²) >= 11 is 0. The predicted molar refractivity (Wildman–Crippen MR) is 80.9 cm³/mol. The first-order valence-corrected chi connectivity index (χ1v) is 7.88. The van der Waals surface area contributed by atoms with E-state index in [-0.39, 0.29) is 10.6 Å². The Balaban J connectivity index is 2.36. The van der Waals surface area contributed by atoms with Crippen LogP contribution in [0.1, 0.15) is 11.1 Å². The van der Waals surface area contributed by atoms with Gasteiger partial charge in [0, 0.05) is 5.56 Å². The number of methoxy groups -OCH3 is 1. The second-order valence-corrected chi connectivity index (χ2v) is 6.06. The van der Waals surface area contributed by atoms with Gasteiger partial charge in [0.25, 0.3) is 0 Å². The molecule has 7 heteroatoms. The van der Waals surface area contributed by atoms with Crippen molar-refractivity contribution in [3.8, 4) is 11.8 Å². The number of hydrogen-bond acceptors (Lipinski definition) is 4. The van der Waals surface area contributed by atoms with Crippen LogP contribution in [0.15, 0.2) is 47.4 Å². The minimum Gasteiger partial charge on any atom is -0.573 e. The molecule has 0 saturated heterocycles. The molecule has 0 atom stereocenters. The summed E-state index contributed by atoms with van der Waals surface area (Å²) < 4.78 is 33.6. The molecule has 22 heavy (non-hydrogen) atoms. The van der Waals surface area contributed by atoms with Gasteiger partial charge in [-0.1, -0.05) is 18.2 Å². The van der Waals surface area contributed by atoms with Crippen molar-refractivity contribution in [3.63, 3.8) is 0 Å². The van der Waals surface area contributed by atoms with Gasteiger partial charge in [-0.15, -0.1) is 5.69 Å². The maximum Gasteiger partial charge on any atom is 0.127 e. The molecule has 3 N–H and O–H groups in total. The van der Waals surface area contributed by atoms with Gasteiger partial charge in [0.2, 0.25) is 0 Å². The number of rotatable bonds is 5. The highest BCUT2D eigenvalue weighted by molar-refractivity contribution is 7.94. The van der Waals surface area contributed by atoms with E-state index in [1.165, 1.54) is 31.4 Å². The molecule has 6 nitrogen and oxygen atoms in total. The molecule has 0 aromatic heterocycles. The third-order valence-corrected chi connectivity index (χ3v) is 4.32. The van der Waals surface area contributed by atoms with Crippen LogP contribution in [-0.4, -0.2) is 15.5 Å². The zero-order chi connectivity index (χ0) is 16.2. The summed E-state index contributed by atoms with van der Waals surface area (Å²) in [6.07, 6.45) is 0. The van der Waals surface area contributed by atoms with Crippen LogP contribution >= 0.6 is 0 Å². The number of ether oxygens (including phenoxy) is 1. The number of sulfonamides is 1. The molecular weight excluding hydrogens is 302 g/mol. The van der Waals surface area contributed by atoms with Crippen molar-refractivity contribution in [1.82, 2.24) is 0 Å². The van der Waals surface area contributed by atoms with Gasteiger partial charge in [0.1, 0.15) is 22.3 Å². The summed E-state index contributed by atoms with van der Waals surface area (Å²) in [7, 11) is -2.35. The molecule has 0 heterocycles. The van der Waals surface area contributed by atoms with Crippen molar-refractivity contribution in [2.45, 2.75) is 11.4 Å². The molecule has 2 rings (SSSR count). The molecule has 0 bridgehead atoms. The average molecular weight is 317 g/mol. The molecule has 2 aromatic rings. The lowest BCUT2D eigenvalue weighted by atomic mass is 10.2. The third kappa shape index (κ3) is 3.36. The maximum atomic E-state index is 12.4. The fourth-order valence-corrected chi connectivity index (χ4v) is 2.96. The summed E-state index contributed by atoms with van der Waals surface area (Å²) in [5.41, 5.74) is 5.00. The maximum absolute atomic E-state index is 12.4. The van der Waals surface area contributed by atoms with Gasteiger partial charge in [0.15, 0.2) is 0 Å². The van der Waals surface area contributed by atoms with Gasteiger partial charge in [-0.05, 0) is 24.3 Å². The van der Waals surface area contributed by atoms with E-state index in [0.29, 0.717) is 23.4 Å². The van der Waals surface area contributed by atoms with Crippen LogP contribution in [-0.2, 0) is 16.6 Å². The van der Waals surface area contributed by atoms with Crippen molar-refractivity contribution in [1.29, 1.82) is 5.26 Å². The Bertz CT molecular complexity index is 826. The lowest BCUT2D eigenvalue weighted by molar-refractivity contribution is -0.386. The van der Waals surface area contributed by atoms with E-state index < -0.39 is 10.0 Å². The Kier molecular flexibility index (Phi) is 4.65. The number of hydrogen-bond donors (Lipinski definition) is 1. The highest BCUT2D eigenvalue weighted by Gasteiger charge is 2.10. The highest BCUT2D eigenvalue weighted by Crippen LogP contribution is 2.30. The van der Waals surface area contributed by atoms with Crippen LogP contribution in [0, 0.1) is 11.3 Å². The Morgan fingerprint density at radius 2 is 2.05 bits per heavy atom. The third-order valence-electron chi connectivity index (χ3n) is 3.02. The average Bonchev–Trinajstić information content (AvgIpc) is 2.53. The van der Waals surface area contributed by atoms with Crippen molar-refractivity contribution in [2.75, 3.05) is 7.11 Å². The Hall–Kier alpha value is -2.56. The van der Waals surface area contributed by atoms with Crippen molar-refractivity contribution < 1.29 is 18.9 Å². The van der Waals surface area contributed by atoms with Gasteiger partial charge >= 0.3 is 0 Å².